The first-order chi connectivity index (χ1) is 35.0. The zero-order valence-electron chi connectivity index (χ0n) is 51.4. The van der Waals surface area contributed by atoms with Crippen molar-refractivity contribution in [2.75, 3.05) is 0 Å². The normalized spacial score (nSPS) is 20.2. The fourth-order valence-corrected chi connectivity index (χ4v) is 5.74. The molecule has 0 aliphatic heterocycles. The second-order valence-electron chi connectivity index (χ2n) is 10.3. The minimum absolute atomic E-state index is 0.430. The number of fused-ring (bicyclic) bond motifs is 8. The topological polar surface area (TPSA) is 13.1 Å². The van der Waals surface area contributed by atoms with Gasteiger partial charge in [0.15, 0.2) is 0 Å². The van der Waals surface area contributed by atoms with Gasteiger partial charge in [0.2, 0.25) is 0 Å². The van der Waals surface area contributed by atoms with E-state index >= 15 is 0 Å². The molecule has 47 heavy (non-hydrogen) atoms. The van der Waals surface area contributed by atoms with Crippen LogP contribution < -0.4 is 0 Å². The summed E-state index contributed by atoms with van der Waals surface area (Å²) in [6.45, 7) is 0. The molecule has 0 amide bonds. The molecule has 0 unspecified atom stereocenters. The first-order valence-electron chi connectivity index (χ1n) is 27.9. The molecule has 1 heterocycles. The van der Waals surface area contributed by atoms with Crippen LogP contribution in [0.1, 0.15) is 38.4 Å². The average Bonchev–Trinajstić information content (AvgIpc) is 3.85. The van der Waals surface area contributed by atoms with E-state index in [1.165, 1.54) is 0 Å². The van der Waals surface area contributed by atoms with E-state index in [1.807, 2.05) is 0 Å². The number of para-hydroxylation sites is 1. The third-order valence-corrected chi connectivity index (χ3v) is 7.76. The van der Waals surface area contributed by atoms with Crippen LogP contribution in [0.3, 0.4) is 0 Å². The van der Waals surface area contributed by atoms with Gasteiger partial charge in [0.25, 0.3) is 0 Å². The molecule has 1 aromatic heterocycles. The van der Waals surface area contributed by atoms with Crippen LogP contribution in [-0.4, -0.2) is 0 Å². The quantitative estimate of drug-likeness (QED) is 0.141. The van der Waals surface area contributed by atoms with Gasteiger partial charge in [0.05, 0.1) is 38.4 Å². The van der Waals surface area contributed by atoms with Gasteiger partial charge in [-0.25, -0.2) is 0 Å². The van der Waals surface area contributed by atoms with Gasteiger partial charge in [0, 0.05) is 10.8 Å². The van der Waals surface area contributed by atoms with Crippen LogP contribution in [0.25, 0.3) is 98.4 Å². The fourth-order valence-electron chi connectivity index (χ4n) is 5.74. The smallest absolute Gasteiger partial charge is 0.135 e. The highest BCUT2D eigenvalue weighted by atomic mass is 16.3. The maximum atomic E-state index is 9.65. The predicted molar refractivity (Wildman–Crippen MR) is 200 cm³/mol. The Labute approximate surface area is 311 Å². The highest BCUT2D eigenvalue weighted by Gasteiger charge is 2.18. The molecule has 0 aliphatic rings. The van der Waals surface area contributed by atoms with Gasteiger partial charge in [0.1, 0.15) is 11.2 Å². The van der Waals surface area contributed by atoms with Crippen molar-refractivity contribution in [3.8, 4) is 33.4 Å². The van der Waals surface area contributed by atoms with Crippen molar-refractivity contribution in [3.05, 3.63) is 169 Å². The number of furan rings is 1. The summed E-state index contributed by atoms with van der Waals surface area (Å²) in [6.07, 6.45) is 0. The molecule has 0 atom stereocenters. The summed E-state index contributed by atoms with van der Waals surface area (Å²) in [5.74, 6) is 0. The molecule has 10 rings (SSSR count). The van der Waals surface area contributed by atoms with Gasteiger partial charge in [-0.2, -0.15) is 0 Å². The van der Waals surface area contributed by atoms with E-state index in [9.17, 15) is 13.7 Å². The molecule has 0 N–H and O–H groups in total. The molecule has 0 aliphatic carbocycles. The molecule has 0 bridgehead atoms. The molecule has 10 aromatic rings. The van der Waals surface area contributed by atoms with Gasteiger partial charge >= 0.3 is 0 Å². The Morgan fingerprint density at radius 2 is 0.851 bits per heavy atom. The Hall–Kier alpha value is -6.18. The van der Waals surface area contributed by atoms with Crippen molar-refractivity contribution in [2.24, 2.45) is 0 Å². The molecule has 0 radical (unpaired) electrons. The summed E-state index contributed by atoms with van der Waals surface area (Å²) < 4.78 is 258. The number of hydrogen-bond acceptors (Lipinski definition) is 1. The van der Waals surface area contributed by atoms with Crippen molar-refractivity contribution >= 4 is 65.0 Å². The Balaban J connectivity index is 1.45. The molecular formula is C46H28O. The first kappa shape index (κ1) is 10.7. The van der Waals surface area contributed by atoms with Crippen molar-refractivity contribution < 1.29 is 42.8 Å². The third kappa shape index (κ3) is 3.97. The Kier molecular flexibility index (Phi) is 2.31. The van der Waals surface area contributed by atoms with Crippen LogP contribution in [-0.2, 0) is 0 Å². The van der Waals surface area contributed by atoms with Crippen LogP contribution >= 0.6 is 0 Å². The van der Waals surface area contributed by atoms with E-state index in [0.29, 0.717) is 0 Å². The molecule has 9 aromatic carbocycles. The summed E-state index contributed by atoms with van der Waals surface area (Å²) in [4.78, 5) is 0. The summed E-state index contributed by atoms with van der Waals surface area (Å²) in [6, 6.07) is -25.7. The second kappa shape index (κ2) is 10.2. The van der Waals surface area contributed by atoms with Crippen molar-refractivity contribution in [1.82, 2.24) is 0 Å². The van der Waals surface area contributed by atoms with E-state index in [1.54, 1.807) is 0 Å². The van der Waals surface area contributed by atoms with Gasteiger partial charge in [-0.3, -0.25) is 0 Å². The molecular weight excluding hydrogens is 569 g/mol. The fraction of sp³-hybridized carbons (Fsp3) is 0. The Morgan fingerprint density at radius 1 is 0.319 bits per heavy atom. The molecule has 0 fully saturated rings. The summed E-state index contributed by atoms with van der Waals surface area (Å²) in [5.41, 5.74) is -5.78. The third-order valence-electron chi connectivity index (χ3n) is 7.76. The van der Waals surface area contributed by atoms with Crippen LogP contribution in [0.15, 0.2) is 174 Å². The van der Waals surface area contributed by atoms with Crippen LogP contribution in [0, 0.1) is 0 Å². The number of hydrogen-bond donors (Lipinski definition) is 0. The van der Waals surface area contributed by atoms with Gasteiger partial charge in [-0.05, 0) is 94.6 Å². The van der Waals surface area contributed by atoms with Crippen molar-refractivity contribution in [2.45, 2.75) is 0 Å². The van der Waals surface area contributed by atoms with Gasteiger partial charge < -0.3 is 4.42 Å². The number of benzene rings is 9. The van der Waals surface area contributed by atoms with Crippen molar-refractivity contribution in [1.29, 1.82) is 0 Å². The lowest BCUT2D eigenvalue weighted by molar-refractivity contribution is 0.669. The average molecular weight is 625 g/mol. The summed E-state index contributed by atoms with van der Waals surface area (Å²) in [7, 11) is 0. The lowest BCUT2D eigenvalue weighted by Crippen LogP contribution is -1.91. The van der Waals surface area contributed by atoms with Gasteiger partial charge in [-0.1, -0.05) is 151 Å². The Bertz CT molecular complexity index is 4330. The summed E-state index contributed by atoms with van der Waals surface area (Å²) >= 11 is 0. The van der Waals surface area contributed by atoms with Crippen LogP contribution in [0.5, 0.6) is 0 Å². The van der Waals surface area contributed by atoms with Crippen LogP contribution in [0.2, 0.25) is 0 Å². The zero-order chi connectivity index (χ0) is 55.3. The lowest BCUT2D eigenvalue weighted by atomic mass is 9.85. The maximum Gasteiger partial charge on any atom is 0.135 e. The Morgan fingerprint density at radius 3 is 1.57 bits per heavy atom. The van der Waals surface area contributed by atoms with E-state index in [0.717, 1.165) is 0 Å². The highest BCUT2D eigenvalue weighted by Crippen LogP contribution is 2.45. The standard InChI is InChI=1S/C46H28O/c1-2-11-33-29(10-1)24-26-36-34(17-9-18-35(33)36)30-20-22-31(23-21-30)45-38-13-3-5-15-40(38)46(41-16-6-4-14-39(41)45)32-25-27-44-42(28-32)37-12-7-8-19-43(37)47-44/h1-28H/i1D,2D,3D,4D,5D,6D,7D,8D,9D,10D,11D,12D,13D,14D,15D,16D,17D,18D,19D,20D,21D,22D,23D,24D,25D,26D,27D,28D. The first-order valence-corrected chi connectivity index (χ1v) is 13.9. The highest BCUT2D eigenvalue weighted by molar-refractivity contribution is 6.22. The van der Waals surface area contributed by atoms with Gasteiger partial charge in [-0.15, -0.1) is 0 Å². The predicted octanol–water partition coefficient (Wildman–Crippen LogP) is 13.2. The monoisotopic (exact) mass is 624 g/mol. The zero-order valence-corrected chi connectivity index (χ0v) is 23.4. The molecule has 1 heteroatoms. The molecule has 0 saturated carbocycles. The molecule has 0 saturated heterocycles. The number of rotatable bonds is 3. The van der Waals surface area contributed by atoms with E-state index < -0.39 is 268 Å². The maximum absolute atomic E-state index is 9.65. The van der Waals surface area contributed by atoms with E-state index in [4.69, 9.17) is 29.1 Å². The molecule has 0 spiro atoms. The van der Waals surface area contributed by atoms with E-state index in [-0.39, 0.29) is 0 Å². The van der Waals surface area contributed by atoms with E-state index in [2.05, 4.69) is 0 Å². The largest absolute Gasteiger partial charge is 0.456 e. The second-order valence-corrected chi connectivity index (χ2v) is 10.3. The molecule has 218 valence electrons. The minimum Gasteiger partial charge on any atom is -0.456 e. The lowest BCUT2D eigenvalue weighted by Gasteiger charge is -2.18. The summed E-state index contributed by atoms with van der Waals surface area (Å²) in [5, 5.41) is -6.11. The SMILES string of the molecule is [2H]c1c([2H])c(-c2c([2H])c([2H])c([2H])c3c2c([2H])c([2H])c2c([2H])c([2H])c([2H])c([2H])c23)c([2H])c([2H])c1-c1c2c([2H])c([2H])c([2H])c([2H])c2c(-c2c([2H])c([2H])c3oc4c([2H])c([2H])c([2H])c([2H])c4c3c2[2H])c2c([2H])c([2H])c([2H])c([2H])c12. The molecule has 1 nitrogen and oxygen atoms in total. The van der Waals surface area contributed by atoms with Crippen molar-refractivity contribution in [3.63, 3.8) is 0 Å². The van der Waals surface area contributed by atoms with Crippen LogP contribution in [0.4, 0.5) is 0 Å². The minimum atomic E-state index is -1.12.